The number of nitrogens with zero attached hydrogens (tertiary/aromatic N) is 2. The second-order valence-corrected chi connectivity index (χ2v) is 11.4. The van der Waals surface area contributed by atoms with Gasteiger partial charge in [-0.2, -0.15) is 0 Å². The van der Waals surface area contributed by atoms with Crippen LogP contribution in [0.4, 0.5) is 4.39 Å². The maximum Gasteiger partial charge on any atom is 0.338 e. The molecule has 0 amide bonds. The first-order chi connectivity index (χ1) is 19.3. The van der Waals surface area contributed by atoms with Gasteiger partial charge in [0.05, 0.1) is 44.0 Å². The predicted octanol–water partition coefficient (Wildman–Crippen LogP) is 6.00. The van der Waals surface area contributed by atoms with Crippen molar-refractivity contribution in [3.8, 4) is 5.75 Å². The molecule has 4 aromatic rings. The zero-order valence-corrected chi connectivity index (χ0v) is 25.5. The number of fused-ring (bicyclic) bond motifs is 1. The number of hydrogen-bond acceptors (Lipinski definition) is 6. The zero-order chi connectivity index (χ0) is 28.4. The van der Waals surface area contributed by atoms with E-state index in [1.807, 2.05) is 49.4 Å². The Balaban J connectivity index is 1.79. The fourth-order valence-electron chi connectivity index (χ4n) is 4.50. The van der Waals surface area contributed by atoms with Gasteiger partial charge < -0.3 is 9.47 Å². The van der Waals surface area contributed by atoms with Gasteiger partial charge in [-0.05, 0) is 87.2 Å². The SMILES string of the molecule is CCOC(=O)C1=C(c2ccccc2)N=c2s/c(=C\c3cc(Br)c(OCC)c(Br)c3)c(=O)n2[C@H]1c1ccc(F)cc1. The molecule has 0 saturated carbocycles. The summed E-state index contributed by atoms with van der Waals surface area (Å²) in [5.74, 6) is -0.343. The lowest BCUT2D eigenvalue weighted by Crippen LogP contribution is -2.40. The molecule has 40 heavy (non-hydrogen) atoms. The zero-order valence-electron chi connectivity index (χ0n) is 21.5. The van der Waals surface area contributed by atoms with Crippen molar-refractivity contribution in [2.75, 3.05) is 13.2 Å². The molecule has 3 aromatic carbocycles. The molecule has 0 spiro atoms. The summed E-state index contributed by atoms with van der Waals surface area (Å²) in [6.45, 7) is 4.27. The number of aromatic nitrogens is 1. The van der Waals surface area contributed by atoms with Gasteiger partial charge >= 0.3 is 5.97 Å². The molecule has 2 heterocycles. The first-order valence-corrected chi connectivity index (χ1v) is 14.9. The Hall–Kier alpha value is -3.34. The number of halogens is 3. The standard InChI is InChI=1S/C30H23Br2FN2O4S/c1-3-38-27-21(31)14-17(15-22(27)32)16-23-28(36)35-26(19-10-12-20(33)13-11-19)24(29(37)39-4-2)25(34-30(35)40-23)18-8-6-5-7-9-18/h5-16,26H,3-4H2,1-2H3/b23-16-/t26-/m0/s1. The summed E-state index contributed by atoms with van der Waals surface area (Å²) in [6.07, 6.45) is 1.77. The Bertz CT molecular complexity index is 1780. The largest absolute Gasteiger partial charge is 0.492 e. The van der Waals surface area contributed by atoms with Crippen molar-refractivity contribution in [1.29, 1.82) is 0 Å². The van der Waals surface area contributed by atoms with E-state index in [4.69, 9.17) is 14.5 Å². The van der Waals surface area contributed by atoms with Crippen molar-refractivity contribution in [2.45, 2.75) is 19.9 Å². The molecule has 5 rings (SSSR count). The molecule has 204 valence electrons. The highest BCUT2D eigenvalue weighted by molar-refractivity contribution is 9.11. The maximum absolute atomic E-state index is 14.0. The molecule has 0 bridgehead atoms. The molecule has 0 unspecified atom stereocenters. The van der Waals surface area contributed by atoms with Gasteiger partial charge in [-0.15, -0.1) is 0 Å². The smallest absolute Gasteiger partial charge is 0.338 e. The number of rotatable bonds is 7. The van der Waals surface area contributed by atoms with E-state index in [1.165, 1.54) is 28.0 Å². The van der Waals surface area contributed by atoms with E-state index in [2.05, 4.69) is 31.9 Å². The number of ether oxygens (including phenoxy) is 2. The summed E-state index contributed by atoms with van der Waals surface area (Å²) < 4.78 is 28.4. The van der Waals surface area contributed by atoms with Gasteiger partial charge in [-0.3, -0.25) is 9.36 Å². The highest BCUT2D eigenvalue weighted by atomic mass is 79.9. The molecule has 1 atom stereocenters. The third kappa shape index (κ3) is 5.48. The molecule has 1 aliphatic heterocycles. The highest BCUT2D eigenvalue weighted by Crippen LogP contribution is 2.36. The predicted molar refractivity (Wildman–Crippen MR) is 160 cm³/mol. The lowest BCUT2D eigenvalue weighted by Gasteiger charge is -2.25. The van der Waals surface area contributed by atoms with Crippen LogP contribution in [0, 0.1) is 5.82 Å². The van der Waals surface area contributed by atoms with Gasteiger partial charge in [0.15, 0.2) is 4.80 Å². The fourth-order valence-corrected chi connectivity index (χ4v) is 6.95. The normalized spacial score (nSPS) is 15.0. The van der Waals surface area contributed by atoms with Gasteiger partial charge in [0, 0.05) is 5.56 Å². The summed E-state index contributed by atoms with van der Waals surface area (Å²) in [7, 11) is 0. The van der Waals surface area contributed by atoms with Crippen LogP contribution in [0.15, 0.2) is 91.0 Å². The van der Waals surface area contributed by atoms with Crippen LogP contribution in [0.25, 0.3) is 11.8 Å². The number of carbonyl (C=O) groups is 1. The average Bonchev–Trinajstić information content (AvgIpc) is 3.25. The summed E-state index contributed by atoms with van der Waals surface area (Å²) in [4.78, 5) is 32.7. The summed E-state index contributed by atoms with van der Waals surface area (Å²) in [5.41, 5.74) is 2.33. The minimum absolute atomic E-state index is 0.145. The van der Waals surface area contributed by atoms with Crippen LogP contribution >= 0.6 is 43.2 Å². The third-order valence-corrected chi connectivity index (χ3v) is 8.33. The van der Waals surface area contributed by atoms with E-state index >= 15 is 0 Å². The van der Waals surface area contributed by atoms with Gasteiger partial charge in [-0.1, -0.05) is 53.8 Å². The van der Waals surface area contributed by atoms with E-state index in [0.29, 0.717) is 38.5 Å². The minimum atomic E-state index is -0.868. The van der Waals surface area contributed by atoms with Crippen LogP contribution in [-0.4, -0.2) is 23.8 Å². The van der Waals surface area contributed by atoms with Gasteiger partial charge in [-0.25, -0.2) is 14.2 Å². The summed E-state index contributed by atoms with van der Waals surface area (Å²) >= 11 is 8.30. The van der Waals surface area contributed by atoms with Crippen molar-refractivity contribution in [1.82, 2.24) is 4.57 Å². The number of benzene rings is 3. The van der Waals surface area contributed by atoms with Crippen LogP contribution < -0.4 is 19.6 Å². The average molecular weight is 686 g/mol. The molecule has 0 aliphatic carbocycles. The topological polar surface area (TPSA) is 69.9 Å². The molecule has 10 heteroatoms. The van der Waals surface area contributed by atoms with Crippen LogP contribution in [0.1, 0.15) is 36.6 Å². The second-order valence-electron chi connectivity index (χ2n) is 8.73. The third-order valence-electron chi connectivity index (χ3n) is 6.17. The number of esters is 1. The molecule has 6 nitrogen and oxygen atoms in total. The highest BCUT2D eigenvalue weighted by Gasteiger charge is 2.35. The number of hydrogen-bond donors (Lipinski definition) is 0. The molecule has 0 radical (unpaired) electrons. The Labute approximate surface area is 250 Å². The fraction of sp³-hybridized carbons (Fsp3) is 0.167. The van der Waals surface area contributed by atoms with E-state index in [0.717, 1.165) is 14.5 Å². The lowest BCUT2D eigenvalue weighted by molar-refractivity contribution is -0.138. The first-order valence-electron chi connectivity index (χ1n) is 12.5. The molecular formula is C30H23Br2FN2O4S. The Kier molecular flexibility index (Phi) is 8.48. The van der Waals surface area contributed by atoms with Gasteiger partial charge in [0.25, 0.3) is 5.56 Å². The van der Waals surface area contributed by atoms with E-state index in [-0.39, 0.29) is 17.7 Å². The maximum atomic E-state index is 14.0. The lowest BCUT2D eigenvalue weighted by atomic mass is 9.93. The number of carbonyl (C=O) groups excluding carboxylic acids is 1. The Morgan fingerprint density at radius 3 is 2.35 bits per heavy atom. The van der Waals surface area contributed by atoms with E-state index in [9.17, 15) is 14.0 Å². The molecule has 1 aromatic heterocycles. The van der Waals surface area contributed by atoms with Crippen LogP contribution in [-0.2, 0) is 9.53 Å². The van der Waals surface area contributed by atoms with Crippen molar-refractivity contribution in [3.05, 3.63) is 123 Å². The molecular weight excluding hydrogens is 663 g/mol. The monoisotopic (exact) mass is 684 g/mol. The van der Waals surface area contributed by atoms with Gasteiger partial charge in [0.1, 0.15) is 11.6 Å². The van der Waals surface area contributed by atoms with Crippen molar-refractivity contribution >= 4 is 60.9 Å². The molecule has 0 saturated heterocycles. The van der Waals surface area contributed by atoms with Gasteiger partial charge in [0.2, 0.25) is 0 Å². The van der Waals surface area contributed by atoms with E-state index < -0.39 is 17.8 Å². The molecule has 0 N–H and O–H groups in total. The summed E-state index contributed by atoms with van der Waals surface area (Å²) in [6, 6.07) is 17.9. The van der Waals surface area contributed by atoms with Crippen molar-refractivity contribution in [3.63, 3.8) is 0 Å². The number of thiazole rings is 1. The van der Waals surface area contributed by atoms with Crippen LogP contribution in [0.2, 0.25) is 0 Å². The Morgan fingerprint density at radius 2 is 1.73 bits per heavy atom. The minimum Gasteiger partial charge on any atom is -0.492 e. The second kappa shape index (κ2) is 12.0. The van der Waals surface area contributed by atoms with Crippen molar-refractivity contribution in [2.24, 2.45) is 4.99 Å². The van der Waals surface area contributed by atoms with Crippen molar-refractivity contribution < 1.29 is 18.7 Å². The summed E-state index contributed by atoms with van der Waals surface area (Å²) in [5, 5.41) is 0. The van der Waals surface area contributed by atoms with Crippen LogP contribution in [0.5, 0.6) is 5.75 Å². The van der Waals surface area contributed by atoms with E-state index in [1.54, 1.807) is 25.1 Å². The Morgan fingerprint density at radius 1 is 1.05 bits per heavy atom. The molecule has 1 aliphatic rings. The van der Waals surface area contributed by atoms with Crippen LogP contribution in [0.3, 0.4) is 0 Å². The quantitative estimate of drug-likeness (QED) is 0.224. The molecule has 0 fully saturated rings. The first kappa shape index (κ1) is 28.2.